The Morgan fingerprint density at radius 2 is 2.11 bits per heavy atom. The maximum atomic E-state index is 12.3. The molecule has 0 unspecified atom stereocenters. The minimum atomic E-state index is -3.47. The van der Waals surface area contributed by atoms with E-state index in [4.69, 9.17) is 4.74 Å². The summed E-state index contributed by atoms with van der Waals surface area (Å²) in [6.45, 7) is 4.74. The lowest BCUT2D eigenvalue weighted by molar-refractivity contribution is 0.114. The van der Waals surface area contributed by atoms with E-state index in [-0.39, 0.29) is 6.10 Å². The van der Waals surface area contributed by atoms with Crippen molar-refractivity contribution in [2.45, 2.75) is 37.7 Å². The second kappa shape index (κ2) is 5.91. The van der Waals surface area contributed by atoms with E-state index in [1.54, 1.807) is 13.0 Å². The van der Waals surface area contributed by atoms with E-state index in [1.807, 2.05) is 13.0 Å². The third-order valence-electron chi connectivity index (χ3n) is 3.27. The molecule has 0 bridgehead atoms. The van der Waals surface area contributed by atoms with Gasteiger partial charge in [0.1, 0.15) is 0 Å². The van der Waals surface area contributed by atoms with Crippen LogP contribution < -0.4 is 4.72 Å². The number of hydrogen-bond acceptors (Lipinski definition) is 3. The van der Waals surface area contributed by atoms with Crippen LogP contribution in [-0.4, -0.2) is 27.7 Å². The maximum Gasteiger partial charge on any atom is 0.240 e. The standard InChI is InChI=1S/C13H18BrNO3S/c1-9-7-13(10(2)6-12(9)14)19(16,17)15-8-11-4-3-5-18-11/h6-7,11,15H,3-5,8H2,1-2H3/t11-/m1/s1. The summed E-state index contributed by atoms with van der Waals surface area (Å²) in [4.78, 5) is 0.339. The second-order valence-corrected chi connectivity index (χ2v) is 7.44. The molecule has 1 aliphatic rings. The molecule has 1 N–H and O–H groups in total. The Balaban J connectivity index is 2.16. The number of nitrogens with one attached hydrogen (secondary N) is 1. The summed E-state index contributed by atoms with van der Waals surface area (Å²) >= 11 is 3.40. The molecule has 2 rings (SSSR count). The fourth-order valence-corrected chi connectivity index (χ4v) is 3.96. The van der Waals surface area contributed by atoms with Crippen molar-refractivity contribution in [2.24, 2.45) is 0 Å². The molecule has 4 nitrogen and oxygen atoms in total. The normalized spacial score (nSPS) is 19.8. The van der Waals surface area contributed by atoms with Crippen molar-refractivity contribution in [2.75, 3.05) is 13.2 Å². The average Bonchev–Trinajstić information content (AvgIpc) is 2.84. The van der Waals surface area contributed by atoms with Crippen LogP contribution in [0.5, 0.6) is 0 Å². The zero-order valence-electron chi connectivity index (χ0n) is 11.1. The molecular weight excluding hydrogens is 330 g/mol. The van der Waals surface area contributed by atoms with Crippen LogP contribution >= 0.6 is 15.9 Å². The van der Waals surface area contributed by atoms with Gasteiger partial charge in [-0.2, -0.15) is 0 Å². The molecule has 1 saturated heterocycles. The summed E-state index contributed by atoms with van der Waals surface area (Å²) in [7, 11) is -3.47. The van der Waals surface area contributed by atoms with Crippen molar-refractivity contribution in [1.82, 2.24) is 4.72 Å². The predicted octanol–water partition coefficient (Wildman–Crippen LogP) is 2.52. The largest absolute Gasteiger partial charge is 0.377 e. The van der Waals surface area contributed by atoms with Crippen LogP contribution in [0.1, 0.15) is 24.0 Å². The van der Waals surface area contributed by atoms with Gasteiger partial charge in [-0.15, -0.1) is 0 Å². The third kappa shape index (κ3) is 3.56. The Bertz CT molecular complexity index is 565. The number of benzene rings is 1. The SMILES string of the molecule is Cc1cc(S(=O)(=O)NC[C@H]2CCCO2)c(C)cc1Br. The van der Waals surface area contributed by atoms with E-state index in [9.17, 15) is 8.42 Å². The van der Waals surface area contributed by atoms with Gasteiger partial charge < -0.3 is 4.74 Å². The number of rotatable bonds is 4. The van der Waals surface area contributed by atoms with Crippen LogP contribution in [0.2, 0.25) is 0 Å². The van der Waals surface area contributed by atoms with Gasteiger partial charge in [-0.1, -0.05) is 15.9 Å². The highest BCUT2D eigenvalue weighted by molar-refractivity contribution is 9.10. The summed E-state index contributed by atoms with van der Waals surface area (Å²) in [6, 6.07) is 3.52. The van der Waals surface area contributed by atoms with E-state index < -0.39 is 10.0 Å². The fourth-order valence-electron chi connectivity index (χ4n) is 2.13. The van der Waals surface area contributed by atoms with Gasteiger partial charge in [-0.05, 0) is 49.9 Å². The lowest BCUT2D eigenvalue weighted by Gasteiger charge is -2.14. The van der Waals surface area contributed by atoms with Gasteiger partial charge in [0.15, 0.2) is 0 Å². The Kier molecular flexibility index (Phi) is 4.66. The van der Waals surface area contributed by atoms with Gasteiger partial charge in [-0.25, -0.2) is 13.1 Å². The zero-order chi connectivity index (χ0) is 14.0. The Morgan fingerprint density at radius 3 is 2.74 bits per heavy atom. The van der Waals surface area contributed by atoms with Gasteiger partial charge in [0, 0.05) is 17.6 Å². The van der Waals surface area contributed by atoms with Crippen LogP contribution in [0.25, 0.3) is 0 Å². The Labute approximate surface area is 122 Å². The molecule has 0 aromatic heterocycles. The predicted molar refractivity (Wildman–Crippen MR) is 77.8 cm³/mol. The molecule has 0 saturated carbocycles. The lowest BCUT2D eigenvalue weighted by Crippen LogP contribution is -2.32. The smallest absolute Gasteiger partial charge is 0.240 e. The minimum absolute atomic E-state index is 0.00614. The minimum Gasteiger partial charge on any atom is -0.377 e. The highest BCUT2D eigenvalue weighted by atomic mass is 79.9. The number of ether oxygens (including phenoxy) is 1. The average molecular weight is 348 g/mol. The van der Waals surface area contributed by atoms with Crippen molar-refractivity contribution < 1.29 is 13.2 Å². The molecule has 0 spiro atoms. The van der Waals surface area contributed by atoms with E-state index in [1.165, 1.54) is 0 Å². The molecular formula is C13H18BrNO3S. The zero-order valence-corrected chi connectivity index (χ0v) is 13.5. The molecule has 0 radical (unpaired) electrons. The summed E-state index contributed by atoms with van der Waals surface area (Å²) in [5, 5.41) is 0. The lowest BCUT2D eigenvalue weighted by atomic mass is 10.2. The van der Waals surface area contributed by atoms with Crippen molar-refractivity contribution in [1.29, 1.82) is 0 Å². The van der Waals surface area contributed by atoms with Gasteiger partial charge in [0.2, 0.25) is 10.0 Å². The van der Waals surface area contributed by atoms with E-state index in [0.29, 0.717) is 11.4 Å². The molecule has 106 valence electrons. The molecule has 0 amide bonds. The first kappa shape index (κ1) is 15.0. The van der Waals surface area contributed by atoms with Gasteiger partial charge >= 0.3 is 0 Å². The van der Waals surface area contributed by atoms with Crippen LogP contribution in [0.3, 0.4) is 0 Å². The highest BCUT2D eigenvalue weighted by Crippen LogP contribution is 2.24. The first-order valence-corrected chi connectivity index (χ1v) is 8.56. The summed E-state index contributed by atoms with van der Waals surface area (Å²) < 4.78 is 33.6. The summed E-state index contributed by atoms with van der Waals surface area (Å²) in [5.41, 5.74) is 1.64. The van der Waals surface area contributed by atoms with Crippen molar-refractivity contribution in [3.8, 4) is 0 Å². The van der Waals surface area contributed by atoms with Gasteiger partial charge in [0.25, 0.3) is 0 Å². The maximum absolute atomic E-state index is 12.3. The molecule has 1 fully saturated rings. The van der Waals surface area contributed by atoms with Crippen molar-refractivity contribution >= 4 is 26.0 Å². The van der Waals surface area contributed by atoms with E-state index >= 15 is 0 Å². The molecule has 0 aliphatic carbocycles. The first-order chi connectivity index (χ1) is 8.90. The molecule has 1 atom stereocenters. The number of sulfonamides is 1. The van der Waals surface area contributed by atoms with E-state index in [2.05, 4.69) is 20.7 Å². The second-order valence-electron chi connectivity index (χ2n) is 4.85. The molecule has 6 heteroatoms. The van der Waals surface area contributed by atoms with Crippen LogP contribution in [0.4, 0.5) is 0 Å². The number of hydrogen-bond donors (Lipinski definition) is 1. The number of aryl methyl sites for hydroxylation is 2. The summed E-state index contributed by atoms with van der Waals surface area (Å²) in [6.07, 6.45) is 1.93. The Hall–Kier alpha value is -0.430. The van der Waals surface area contributed by atoms with Gasteiger partial charge in [0.05, 0.1) is 11.0 Å². The number of halogens is 1. The highest BCUT2D eigenvalue weighted by Gasteiger charge is 2.22. The topological polar surface area (TPSA) is 55.4 Å². The summed E-state index contributed by atoms with van der Waals surface area (Å²) in [5.74, 6) is 0. The third-order valence-corrected chi connectivity index (χ3v) is 5.69. The molecule has 1 aliphatic heterocycles. The van der Waals surface area contributed by atoms with Crippen molar-refractivity contribution in [3.05, 3.63) is 27.7 Å². The van der Waals surface area contributed by atoms with Crippen LogP contribution in [0, 0.1) is 13.8 Å². The molecule has 19 heavy (non-hydrogen) atoms. The fraction of sp³-hybridized carbons (Fsp3) is 0.538. The quantitative estimate of drug-likeness (QED) is 0.910. The molecule has 1 aromatic carbocycles. The first-order valence-electron chi connectivity index (χ1n) is 6.28. The van der Waals surface area contributed by atoms with Crippen LogP contribution in [0.15, 0.2) is 21.5 Å². The van der Waals surface area contributed by atoms with Crippen LogP contribution in [-0.2, 0) is 14.8 Å². The monoisotopic (exact) mass is 347 g/mol. The molecule has 1 aromatic rings. The van der Waals surface area contributed by atoms with Crippen molar-refractivity contribution in [3.63, 3.8) is 0 Å². The Morgan fingerprint density at radius 1 is 1.37 bits per heavy atom. The van der Waals surface area contributed by atoms with Gasteiger partial charge in [-0.3, -0.25) is 0 Å². The van der Waals surface area contributed by atoms with E-state index in [0.717, 1.165) is 35.0 Å². The molecule has 1 heterocycles.